The van der Waals surface area contributed by atoms with E-state index in [4.69, 9.17) is 4.74 Å². The van der Waals surface area contributed by atoms with E-state index in [0.717, 1.165) is 24.8 Å². The third-order valence-corrected chi connectivity index (χ3v) is 4.03. The van der Waals surface area contributed by atoms with Gasteiger partial charge in [0.2, 0.25) is 0 Å². The van der Waals surface area contributed by atoms with E-state index in [1.807, 2.05) is 25.1 Å². The minimum atomic E-state index is -0.855. The molecule has 1 aliphatic carbocycles. The van der Waals surface area contributed by atoms with Crippen molar-refractivity contribution in [2.45, 2.75) is 44.6 Å². The summed E-state index contributed by atoms with van der Waals surface area (Å²) in [5.74, 6) is -0.533. The van der Waals surface area contributed by atoms with Gasteiger partial charge in [0.25, 0.3) is 5.91 Å². The summed E-state index contributed by atoms with van der Waals surface area (Å²) in [5, 5.41) is 2.93. The molecule has 2 rings (SSSR count). The Hall–Kier alpha value is -1.84. The Kier molecular flexibility index (Phi) is 4.42. The molecule has 1 N–H and O–H groups in total. The topological polar surface area (TPSA) is 55.4 Å². The van der Waals surface area contributed by atoms with Crippen LogP contribution in [0.2, 0.25) is 0 Å². The molecule has 1 aliphatic rings. The zero-order chi connectivity index (χ0) is 14.6. The Bertz CT molecular complexity index is 504. The molecule has 0 unspecified atom stereocenters. The zero-order valence-corrected chi connectivity index (χ0v) is 12.1. The summed E-state index contributed by atoms with van der Waals surface area (Å²) in [7, 11) is 1.37. The first-order valence-corrected chi connectivity index (χ1v) is 7.06. The molecular weight excluding hydrogens is 254 g/mol. The largest absolute Gasteiger partial charge is 0.467 e. The number of hydrogen-bond donors (Lipinski definition) is 1. The number of nitrogens with one attached hydrogen (secondary N) is 1. The first-order valence-electron chi connectivity index (χ1n) is 7.06. The molecule has 20 heavy (non-hydrogen) atoms. The van der Waals surface area contributed by atoms with Crippen molar-refractivity contribution in [1.29, 1.82) is 0 Å². The van der Waals surface area contributed by atoms with Gasteiger partial charge in [0.05, 0.1) is 7.11 Å². The second-order valence-corrected chi connectivity index (χ2v) is 5.40. The molecule has 0 aromatic heterocycles. The SMILES string of the molecule is COC(=O)C1(NC(=O)c2ccccc2C)CCCCC1. The molecule has 0 heterocycles. The number of benzene rings is 1. The average molecular weight is 275 g/mol. The highest BCUT2D eigenvalue weighted by Crippen LogP contribution is 2.30. The lowest BCUT2D eigenvalue weighted by atomic mass is 9.81. The van der Waals surface area contributed by atoms with Crippen LogP contribution in [0.3, 0.4) is 0 Å². The van der Waals surface area contributed by atoms with E-state index in [2.05, 4.69) is 5.32 Å². The number of carbonyl (C=O) groups excluding carboxylic acids is 2. The lowest BCUT2D eigenvalue weighted by Crippen LogP contribution is -2.56. The molecule has 1 fully saturated rings. The monoisotopic (exact) mass is 275 g/mol. The number of amides is 1. The standard InChI is InChI=1S/C16H21NO3/c1-12-8-4-5-9-13(12)14(18)17-16(15(19)20-2)10-6-3-7-11-16/h4-5,8-9H,3,6-7,10-11H2,1-2H3,(H,17,18). The van der Waals surface area contributed by atoms with Gasteiger partial charge in [-0.2, -0.15) is 0 Å². The van der Waals surface area contributed by atoms with Gasteiger partial charge in [0.1, 0.15) is 5.54 Å². The highest BCUT2D eigenvalue weighted by Gasteiger charge is 2.42. The minimum Gasteiger partial charge on any atom is -0.467 e. The fraction of sp³-hybridized carbons (Fsp3) is 0.500. The maximum Gasteiger partial charge on any atom is 0.331 e. The highest BCUT2D eigenvalue weighted by molar-refractivity contribution is 5.99. The van der Waals surface area contributed by atoms with Crippen LogP contribution in [0.25, 0.3) is 0 Å². The molecule has 4 nitrogen and oxygen atoms in total. The van der Waals surface area contributed by atoms with Gasteiger partial charge in [-0.15, -0.1) is 0 Å². The highest BCUT2D eigenvalue weighted by atomic mass is 16.5. The Labute approximate surface area is 119 Å². The van der Waals surface area contributed by atoms with Crippen LogP contribution in [0, 0.1) is 6.92 Å². The van der Waals surface area contributed by atoms with Crippen molar-refractivity contribution in [2.24, 2.45) is 0 Å². The summed E-state index contributed by atoms with van der Waals surface area (Å²) in [5.41, 5.74) is 0.661. The van der Waals surface area contributed by atoms with Crippen molar-refractivity contribution in [3.05, 3.63) is 35.4 Å². The van der Waals surface area contributed by atoms with Crippen molar-refractivity contribution < 1.29 is 14.3 Å². The third-order valence-electron chi connectivity index (χ3n) is 4.03. The minimum absolute atomic E-state index is 0.199. The average Bonchev–Trinajstić information content (AvgIpc) is 2.47. The fourth-order valence-electron chi connectivity index (χ4n) is 2.84. The summed E-state index contributed by atoms with van der Waals surface area (Å²) in [6, 6.07) is 7.38. The smallest absolute Gasteiger partial charge is 0.331 e. The van der Waals surface area contributed by atoms with Gasteiger partial charge < -0.3 is 10.1 Å². The molecule has 1 amide bonds. The maximum absolute atomic E-state index is 12.4. The molecule has 1 aromatic carbocycles. The lowest BCUT2D eigenvalue weighted by molar-refractivity contribution is -0.149. The van der Waals surface area contributed by atoms with E-state index in [1.54, 1.807) is 6.07 Å². The first-order chi connectivity index (χ1) is 9.59. The van der Waals surface area contributed by atoms with Gasteiger partial charge in [-0.25, -0.2) is 4.79 Å². The molecule has 0 atom stereocenters. The molecule has 1 aromatic rings. The zero-order valence-electron chi connectivity index (χ0n) is 12.1. The summed E-state index contributed by atoms with van der Waals surface area (Å²) in [6.07, 6.45) is 4.26. The van der Waals surface area contributed by atoms with Crippen molar-refractivity contribution >= 4 is 11.9 Å². The molecule has 0 saturated heterocycles. The molecule has 1 saturated carbocycles. The van der Waals surface area contributed by atoms with Gasteiger partial charge >= 0.3 is 5.97 Å². The summed E-state index contributed by atoms with van der Waals surface area (Å²) < 4.78 is 4.91. The van der Waals surface area contributed by atoms with Crippen molar-refractivity contribution in [3.63, 3.8) is 0 Å². The van der Waals surface area contributed by atoms with Gasteiger partial charge in [-0.3, -0.25) is 4.79 Å². The van der Waals surface area contributed by atoms with Crippen LogP contribution in [0.1, 0.15) is 48.0 Å². The van der Waals surface area contributed by atoms with Crippen LogP contribution >= 0.6 is 0 Å². The predicted octanol–water partition coefficient (Wildman–Crippen LogP) is 2.60. The van der Waals surface area contributed by atoms with Crippen LogP contribution in [0.15, 0.2) is 24.3 Å². The van der Waals surface area contributed by atoms with E-state index in [-0.39, 0.29) is 11.9 Å². The van der Waals surface area contributed by atoms with Crippen molar-refractivity contribution in [2.75, 3.05) is 7.11 Å². The van der Waals surface area contributed by atoms with E-state index in [0.29, 0.717) is 18.4 Å². The third kappa shape index (κ3) is 2.84. The molecule has 0 aliphatic heterocycles. The van der Waals surface area contributed by atoms with Crippen molar-refractivity contribution in [3.8, 4) is 0 Å². The predicted molar refractivity (Wildman–Crippen MR) is 76.5 cm³/mol. The number of methoxy groups -OCH3 is 1. The second-order valence-electron chi connectivity index (χ2n) is 5.40. The maximum atomic E-state index is 12.4. The number of aryl methyl sites for hydroxylation is 1. The fourth-order valence-corrected chi connectivity index (χ4v) is 2.84. The normalized spacial score (nSPS) is 17.3. The van der Waals surface area contributed by atoms with Crippen LogP contribution in [-0.2, 0) is 9.53 Å². The number of hydrogen-bond acceptors (Lipinski definition) is 3. The van der Waals surface area contributed by atoms with Gasteiger partial charge in [0.15, 0.2) is 0 Å². The van der Waals surface area contributed by atoms with Gasteiger partial charge in [-0.1, -0.05) is 37.5 Å². The summed E-state index contributed by atoms with van der Waals surface area (Å²) in [4.78, 5) is 24.5. The summed E-state index contributed by atoms with van der Waals surface area (Å²) in [6.45, 7) is 1.89. The molecule has 108 valence electrons. The Balaban J connectivity index is 2.22. The Morgan fingerprint density at radius 2 is 1.80 bits per heavy atom. The molecule has 0 radical (unpaired) electrons. The van der Waals surface area contributed by atoms with E-state index >= 15 is 0 Å². The second kappa shape index (κ2) is 6.07. The van der Waals surface area contributed by atoms with Crippen molar-refractivity contribution in [1.82, 2.24) is 5.32 Å². The van der Waals surface area contributed by atoms with Crippen LogP contribution in [-0.4, -0.2) is 24.5 Å². The Morgan fingerprint density at radius 1 is 1.15 bits per heavy atom. The number of rotatable bonds is 3. The molecule has 4 heteroatoms. The van der Waals surface area contributed by atoms with Crippen LogP contribution < -0.4 is 5.32 Å². The lowest BCUT2D eigenvalue weighted by Gasteiger charge is -2.35. The number of carbonyl (C=O) groups is 2. The quantitative estimate of drug-likeness (QED) is 0.863. The van der Waals surface area contributed by atoms with Gasteiger partial charge in [-0.05, 0) is 31.4 Å². The molecule has 0 bridgehead atoms. The molecular formula is C16H21NO3. The molecule has 0 spiro atoms. The van der Waals surface area contributed by atoms with Crippen LogP contribution in [0.4, 0.5) is 0 Å². The number of ether oxygens (including phenoxy) is 1. The number of esters is 1. The van der Waals surface area contributed by atoms with E-state index < -0.39 is 5.54 Å². The summed E-state index contributed by atoms with van der Waals surface area (Å²) >= 11 is 0. The van der Waals surface area contributed by atoms with E-state index in [1.165, 1.54) is 7.11 Å². The van der Waals surface area contributed by atoms with E-state index in [9.17, 15) is 9.59 Å². The van der Waals surface area contributed by atoms with Crippen LogP contribution in [0.5, 0.6) is 0 Å². The van der Waals surface area contributed by atoms with Gasteiger partial charge in [0, 0.05) is 5.56 Å². The first kappa shape index (κ1) is 14.6. The Morgan fingerprint density at radius 3 is 2.40 bits per heavy atom.